The van der Waals surface area contributed by atoms with Crippen LogP contribution in [0.3, 0.4) is 0 Å². The number of anilines is 1. The van der Waals surface area contributed by atoms with E-state index in [1.807, 2.05) is 0 Å². The number of halogens is 6. The van der Waals surface area contributed by atoms with Gasteiger partial charge in [-0.1, -0.05) is 11.6 Å². The highest BCUT2D eigenvalue weighted by Crippen LogP contribution is 2.39. The Kier molecular flexibility index (Phi) is 6.56. The zero-order valence-electron chi connectivity index (χ0n) is 15.4. The molecule has 3 aromatic rings. The molecular weight excluding hydrogens is 437 g/mol. The second-order valence-corrected chi connectivity index (χ2v) is 6.38. The van der Waals surface area contributed by atoms with Gasteiger partial charge in [-0.25, -0.2) is 8.78 Å². The van der Waals surface area contributed by atoms with Crippen molar-refractivity contribution in [2.24, 2.45) is 0 Å². The van der Waals surface area contributed by atoms with Gasteiger partial charge in [-0.05, 0) is 0 Å². The zero-order valence-corrected chi connectivity index (χ0v) is 16.2. The second kappa shape index (κ2) is 8.96. The van der Waals surface area contributed by atoms with Crippen LogP contribution in [-0.4, -0.2) is 52.6 Å². The normalized spacial score (nSPS) is 11.8. The van der Waals surface area contributed by atoms with E-state index in [1.165, 1.54) is 7.11 Å². The van der Waals surface area contributed by atoms with Crippen LogP contribution in [0.5, 0.6) is 5.75 Å². The first kappa shape index (κ1) is 22.0. The number of nitrogens with one attached hydrogen (secondary N) is 1. The minimum Gasteiger partial charge on any atom is -0.493 e. The quantitative estimate of drug-likeness (QED) is 0.316. The number of alkyl halides is 3. The fourth-order valence-corrected chi connectivity index (χ4v) is 2.91. The van der Waals surface area contributed by atoms with Crippen LogP contribution < -0.4 is 10.1 Å². The summed E-state index contributed by atoms with van der Waals surface area (Å²) in [7, 11) is 1.50. The molecule has 162 valence electrons. The molecule has 3 rings (SSSR count). The Balaban J connectivity index is 2.06. The molecule has 0 amide bonds. The number of methoxy groups -OCH3 is 1. The Bertz CT molecular complexity index is 1020. The standard InChI is InChI=1S/C17H15ClF5N5O2/c1-29-3-2-4-30-9-5-10(19)12(11(20)6-9)13-14(18)27-16-25-8-26-28(16)15(13)24-7-17(21,22)23/h5-6,8,24H,2-4,7H2,1H3. The van der Waals surface area contributed by atoms with E-state index in [0.717, 1.165) is 23.0 Å². The molecule has 0 aliphatic carbocycles. The van der Waals surface area contributed by atoms with Gasteiger partial charge in [0.05, 0.1) is 17.7 Å². The molecule has 0 unspecified atom stereocenters. The first-order chi connectivity index (χ1) is 14.2. The highest BCUT2D eigenvalue weighted by atomic mass is 35.5. The first-order valence-electron chi connectivity index (χ1n) is 8.52. The monoisotopic (exact) mass is 451 g/mol. The van der Waals surface area contributed by atoms with E-state index in [9.17, 15) is 22.0 Å². The summed E-state index contributed by atoms with van der Waals surface area (Å²) < 4.78 is 78.9. The zero-order chi connectivity index (χ0) is 21.9. The highest BCUT2D eigenvalue weighted by molar-refractivity contribution is 6.33. The molecule has 13 heteroatoms. The third-order valence-corrected chi connectivity index (χ3v) is 4.14. The molecule has 0 aliphatic rings. The van der Waals surface area contributed by atoms with Gasteiger partial charge < -0.3 is 14.8 Å². The number of benzene rings is 1. The number of nitrogens with zero attached hydrogens (tertiary/aromatic N) is 4. The number of aromatic nitrogens is 4. The summed E-state index contributed by atoms with van der Waals surface area (Å²) in [6.07, 6.45) is -3.10. The topological polar surface area (TPSA) is 73.6 Å². The van der Waals surface area contributed by atoms with Crippen LogP contribution in [0.15, 0.2) is 18.5 Å². The summed E-state index contributed by atoms with van der Waals surface area (Å²) in [6, 6.07) is 1.81. The van der Waals surface area contributed by atoms with Crippen LogP contribution in [-0.2, 0) is 4.74 Å². The van der Waals surface area contributed by atoms with Crippen molar-refractivity contribution in [3.63, 3.8) is 0 Å². The average molecular weight is 452 g/mol. The molecule has 2 heterocycles. The average Bonchev–Trinajstić information content (AvgIpc) is 3.11. The van der Waals surface area contributed by atoms with E-state index in [-0.39, 0.29) is 18.1 Å². The number of rotatable bonds is 8. The molecule has 0 aliphatic heterocycles. The summed E-state index contributed by atoms with van der Waals surface area (Å²) in [4.78, 5) is 7.59. The fourth-order valence-electron chi connectivity index (χ4n) is 2.65. The van der Waals surface area contributed by atoms with E-state index >= 15 is 0 Å². The van der Waals surface area contributed by atoms with E-state index in [0.29, 0.717) is 13.0 Å². The van der Waals surface area contributed by atoms with Crippen LogP contribution >= 0.6 is 11.6 Å². The van der Waals surface area contributed by atoms with Gasteiger partial charge >= 0.3 is 6.18 Å². The van der Waals surface area contributed by atoms with E-state index < -0.39 is 46.5 Å². The molecule has 0 saturated carbocycles. The summed E-state index contributed by atoms with van der Waals surface area (Å²) in [6.45, 7) is -0.951. The van der Waals surface area contributed by atoms with Crippen molar-refractivity contribution in [1.29, 1.82) is 0 Å². The molecule has 1 aromatic carbocycles. The van der Waals surface area contributed by atoms with Crippen LogP contribution in [0.1, 0.15) is 6.42 Å². The van der Waals surface area contributed by atoms with Crippen LogP contribution in [0, 0.1) is 11.6 Å². The lowest BCUT2D eigenvalue weighted by molar-refractivity contribution is -0.115. The lowest BCUT2D eigenvalue weighted by atomic mass is 10.1. The number of ether oxygens (including phenoxy) is 2. The van der Waals surface area contributed by atoms with Crippen molar-refractivity contribution in [3.8, 4) is 16.9 Å². The van der Waals surface area contributed by atoms with Gasteiger partial charge in [0.15, 0.2) is 0 Å². The summed E-state index contributed by atoms with van der Waals surface area (Å²) >= 11 is 6.06. The predicted octanol–water partition coefficient (Wildman–Crippen LogP) is 4.11. The number of hydrogen-bond acceptors (Lipinski definition) is 6. The van der Waals surface area contributed by atoms with E-state index in [2.05, 4.69) is 20.4 Å². The van der Waals surface area contributed by atoms with Crippen LogP contribution in [0.2, 0.25) is 5.15 Å². The molecule has 0 radical (unpaired) electrons. The molecule has 30 heavy (non-hydrogen) atoms. The van der Waals surface area contributed by atoms with E-state index in [4.69, 9.17) is 21.1 Å². The second-order valence-electron chi connectivity index (χ2n) is 6.02. The van der Waals surface area contributed by atoms with Gasteiger partial charge in [0.1, 0.15) is 41.2 Å². The van der Waals surface area contributed by atoms with Gasteiger partial charge in [-0.3, -0.25) is 0 Å². The lowest BCUT2D eigenvalue weighted by Crippen LogP contribution is -2.23. The minimum absolute atomic E-state index is 0.0967. The maximum atomic E-state index is 14.8. The number of fused-ring (bicyclic) bond motifs is 1. The third-order valence-electron chi connectivity index (χ3n) is 3.87. The Morgan fingerprint density at radius 1 is 1.13 bits per heavy atom. The van der Waals surface area contributed by atoms with Gasteiger partial charge in [-0.15, -0.1) is 0 Å². The predicted molar refractivity (Wildman–Crippen MR) is 97.7 cm³/mol. The van der Waals surface area contributed by atoms with Gasteiger partial charge in [0.25, 0.3) is 5.78 Å². The van der Waals surface area contributed by atoms with Gasteiger partial charge in [0, 0.05) is 32.3 Å². The third kappa shape index (κ3) is 4.87. The molecule has 0 saturated heterocycles. The van der Waals surface area contributed by atoms with Gasteiger partial charge in [-0.2, -0.15) is 32.8 Å². The molecule has 7 nitrogen and oxygen atoms in total. The molecule has 0 spiro atoms. The largest absolute Gasteiger partial charge is 0.493 e. The molecule has 2 aromatic heterocycles. The highest BCUT2D eigenvalue weighted by Gasteiger charge is 2.30. The lowest BCUT2D eigenvalue weighted by Gasteiger charge is -2.17. The fraction of sp³-hybridized carbons (Fsp3) is 0.353. The number of hydrogen-bond donors (Lipinski definition) is 1. The minimum atomic E-state index is -4.61. The van der Waals surface area contributed by atoms with Crippen molar-refractivity contribution >= 4 is 23.2 Å². The van der Waals surface area contributed by atoms with Crippen LogP contribution in [0.25, 0.3) is 16.9 Å². The van der Waals surface area contributed by atoms with Crippen molar-refractivity contribution in [3.05, 3.63) is 35.2 Å². The first-order valence-corrected chi connectivity index (χ1v) is 8.90. The van der Waals surface area contributed by atoms with Crippen molar-refractivity contribution in [2.75, 3.05) is 32.2 Å². The molecular formula is C17H15ClF5N5O2. The molecule has 0 fully saturated rings. The Morgan fingerprint density at radius 2 is 1.83 bits per heavy atom. The smallest absolute Gasteiger partial charge is 0.405 e. The van der Waals surface area contributed by atoms with Crippen molar-refractivity contribution < 1.29 is 31.4 Å². The summed E-state index contributed by atoms with van der Waals surface area (Å²) in [5, 5.41) is 5.37. The molecule has 1 N–H and O–H groups in total. The summed E-state index contributed by atoms with van der Waals surface area (Å²) in [5.74, 6) is -2.86. The molecule has 0 bridgehead atoms. The molecule has 0 atom stereocenters. The maximum Gasteiger partial charge on any atom is 0.405 e. The van der Waals surface area contributed by atoms with Crippen molar-refractivity contribution in [1.82, 2.24) is 19.6 Å². The SMILES string of the molecule is COCCCOc1cc(F)c(-c2c(Cl)nc3ncnn3c2NCC(F)(F)F)c(F)c1. The Hall–Kier alpha value is -2.73. The summed E-state index contributed by atoms with van der Waals surface area (Å²) in [5.41, 5.74) is -1.11. The maximum absolute atomic E-state index is 14.8. The van der Waals surface area contributed by atoms with Crippen molar-refractivity contribution in [2.45, 2.75) is 12.6 Å². The van der Waals surface area contributed by atoms with E-state index in [1.54, 1.807) is 0 Å². The van der Waals surface area contributed by atoms with Gasteiger partial charge in [0.2, 0.25) is 0 Å². The Morgan fingerprint density at radius 3 is 2.47 bits per heavy atom. The Labute approximate surface area is 171 Å². The van der Waals surface area contributed by atoms with Crippen LogP contribution in [0.4, 0.5) is 27.8 Å².